The number of halogens is 1. The fourth-order valence-corrected chi connectivity index (χ4v) is 11.7. The zero-order chi connectivity index (χ0) is 52.1. The average Bonchev–Trinajstić information content (AvgIpc) is 4.34. The van der Waals surface area contributed by atoms with Crippen molar-refractivity contribution in [3.63, 3.8) is 0 Å². The largest absolute Gasteiger partial charge is 0.508 e. The van der Waals surface area contributed by atoms with Gasteiger partial charge in [0.15, 0.2) is 10.3 Å². The van der Waals surface area contributed by atoms with Gasteiger partial charge in [0.05, 0.1) is 0 Å². The molecule has 8 aromatic rings. The summed E-state index contributed by atoms with van der Waals surface area (Å²) >= 11 is 2.58. The molecule has 4 aliphatic rings. The van der Waals surface area contributed by atoms with Gasteiger partial charge in [-0.3, -0.25) is 29.8 Å². The number of hydrogen-bond donors (Lipinski definition) is 3. The van der Waals surface area contributed by atoms with E-state index in [2.05, 4.69) is 85.0 Å². The van der Waals surface area contributed by atoms with E-state index in [1.54, 1.807) is 22.7 Å². The average molecular weight is 1050 g/mol. The molecule has 12 rings (SSSR count). The van der Waals surface area contributed by atoms with E-state index in [-0.39, 0.29) is 35.6 Å². The molecule has 0 bridgehead atoms. The molecule has 2 saturated heterocycles. The monoisotopic (exact) mass is 1050 g/mol. The van der Waals surface area contributed by atoms with E-state index in [1.807, 2.05) is 66.0 Å². The molecular weight excluding hydrogens is 996 g/mol. The Morgan fingerprint density at radius 3 is 1.47 bits per heavy atom. The van der Waals surface area contributed by atoms with Crippen molar-refractivity contribution in [2.24, 2.45) is 0 Å². The van der Waals surface area contributed by atoms with Gasteiger partial charge in [-0.15, -0.1) is 22.7 Å². The molecule has 2 aromatic heterocycles. The Morgan fingerprint density at radius 1 is 0.539 bits per heavy atom. The van der Waals surface area contributed by atoms with E-state index >= 15 is 0 Å². The number of amides is 4. The molecule has 0 aliphatic carbocycles. The van der Waals surface area contributed by atoms with Crippen LogP contribution in [0.5, 0.6) is 5.75 Å². The van der Waals surface area contributed by atoms with Crippen LogP contribution in [0.3, 0.4) is 0 Å². The van der Waals surface area contributed by atoms with Crippen LogP contribution in [0.1, 0.15) is 93.6 Å². The van der Waals surface area contributed by atoms with Gasteiger partial charge >= 0.3 is 0 Å². The fourth-order valence-electron chi connectivity index (χ4n) is 10.7. The standard InChI is InChI=1S/C30H27FN4O3S.C30H28N4O2S/c31-22-8-11-26(36)25(17-22)27(28(37)33-30-32-12-15-39-30)35-18-21-5-4-20(16-24(21)29(35)38)19-6-9-23(10-7-19)34-13-2-1-3-14-34;35-28(32-30-31-15-18-37-30)27(22-7-3-1-4-8-22)34-20-24-10-9-23(19-26(24)29(34)36)21-11-13-25(14-12-21)33-16-5-2-6-17-33/h4-12,15-17,27,36H,1-3,13-14,18H2,(H,32,33,37);1,3-4,7-15,18-19,27H,2,5-6,16-17,20H2,(H,31,32,35). The van der Waals surface area contributed by atoms with Crippen molar-refractivity contribution in [3.8, 4) is 28.0 Å². The van der Waals surface area contributed by atoms with Crippen molar-refractivity contribution in [2.45, 2.75) is 63.7 Å². The van der Waals surface area contributed by atoms with Gasteiger partial charge in [-0.2, -0.15) is 0 Å². The highest BCUT2D eigenvalue weighted by Crippen LogP contribution is 2.39. The van der Waals surface area contributed by atoms with E-state index in [1.165, 1.54) is 83.5 Å². The Labute approximate surface area is 448 Å². The summed E-state index contributed by atoms with van der Waals surface area (Å²) in [6.07, 6.45) is 10.7. The lowest BCUT2D eigenvalue weighted by atomic mass is 10.00. The highest BCUT2D eigenvalue weighted by atomic mass is 32.1. The number of piperidine rings is 2. The van der Waals surface area contributed by atoms with E-state index in [0.717, 1.165) is 77.3 Å². The molecule has 384 valence electrons. The number of nitrogens with zero attached hydrogens (tertiary/aromatic N) is 6. The lowest BCUT2D eigenvalue weighted by molar-refractivity contribution is -0.121. The molecule has 3 N–H and O–H groups in total. The normalized spacial score (nSPS) is 15.9. The van der Waals surface area contributed by atoms with Crippen molar-refractivity contribution >= 4 is 67.9 Å². The number of carbonyl (C=O) groups is 4. The summed E-state index contributed by atoms with van der Waals surface area (Å²) in [6, 6.07) is 39.6. The molecular formula is C60H55FN8O5S2. The van der Waals surface area contributed by atoms with Crippen molar-refractivity contribution in [2.75, 3.05) is 46.6 Å². The Morgan fingerprint density at radius 2 is 1.00 bits per heavy atom. The summed E-state index contributed by atoms with van der Waals surface area (Å²) in [4.78, 5) is 70.4. The van der Waals surface area contributed by atoms with Gasteiger partial charge in [-0.05, 0) is 132 Å². The molecule has 13 nitrogen and oxygen atoms in total. The fraction of sp³-hybridized carbons (Fsp3) is 0.233. The van der Waals surface area contributed by atoms with Gasteiger partial charge in [0.1, 0.15) is 23.7 Å². The summed E-state index contributed by atoms with van der Waals surface area (Å²) in [5.41, 5.74) is 10.0. The topological polar surface area (TPSA) is 151 Å². The van der Waals surface area contributed by atoms with Crippen LogP contribution < -0.4 is 20.4 Å². The van der Waals surface area contributed by atoms with Crippen LogP contribution in [0.15, 0.2) is 157 Å². The molecule has 0 saturated carbocycles. The third-order valence-electron chi connectivity index (χ3n) is 14.6. The molecule has 16 heteroatoms. The number of hydrogen-bond acceptors (Lipinski definition) is 11. The maximum atomic E-state index is 14.2. The Balaban J connectivity index is 0.000000162. The lowest BCUT2D eigenvalue weighted by Gasteiger charge is -2.28. The van der Waals surface area contributed by atoms with Gasteiger partial charge in [-0.1, -0.05) is 78.9 Å². The van der Waals surface area contributed by atoms with Gasteiger partial charge in [0.25, 0.3) is 23.6 Å². The SMILES string of the molecule is O=C(Nc1nccs1)C(c1cc(F)ccc1O)N1Cc2ccc(-c3ccc(N4CCCCC4)cc3)cc2C1=O.O=C(Nc1nccs1)C(c1ccccc1)N1Cc2ccc(-c3ccc(N4CCCCC4)cc3)cc2C1=O. The zero-order valence-electron chi connectivity index (χ0n) is 41.6. The number of anilines is 4. The Bertz CT molecular complexity index is 3370. The quantitative estimate of drug-likeness (QED) is 0.109. The van der Waals surface area contributed by atoms with Crippen molar-refractivity contribution < 1.29 is 28.7 Å². The molecule has 0 spiro atoms. The summed E-state index contributed by atoms with van der Waals surface area (Å²) in [6.45, 7) is 4.89. The first-order valence-corrected chi connectivity index (χ1v) is 27.4. The summed E-state index contributed by atoms with van der Waals surface area (Å²) < 4.78 is 14.2. The predicted molar refractivity (Wildman–Crippen MR) is 297 cm³/mol. The zero-order valence-corrected chi connectivity index (χ0v) is 43.2. The molecule has 2 atom stereocenters. The maximum Gasteiger partial charge on any atom is 0.255 e. The lowest BCUT2D eigenvalue weighted by Crippen LogP contribution is -2.37. The van der Waals surface area contributed by atoms with Crippen LogP contribution in [-0.2, 0) is 22.7 Å². The van der Waals surface area contributed by atoms with Crippen molar-refractivity contribution in [1.82, 2.24) is 19.8 Å². The first-order chi connectivity index (χ1) is 37.1. The molecule has 2 fully saturated rings. The number of thiazole rings is 2. The minimum atomic E-state index is -1.25. The molecule has 6 heterocycles. The molecule has 4 amide bonds. The Hall–Kier alpha value is -8.21. The van der Waals surface area contributed by atoms with Gasteiger partial charge in [-0.25, -0.2) is 14.4 Å². The predicted octanol–water partition coefficient (Wildman–Crippen LogP) is 12.1. The second kappa shape index (κ2) is 22.3. The molecule has 2 unspecified atom stereocenters. The number of aromatic hydroxyl groups is 1. The molecule has 6 aromatic carbocycles. The van der Waals surface area contributed by atoms with E-state index < -0.39 is 23.8 Å². The van der Waals surface area contributed by atoms with Crippen molar-refractivity contribution in [3.05, 3.63) is 196 Å². The number of nitrogens with one attached hydrogen (secondary N) is 2. The van der Waals surface area contributed by atoms with E-state index in [4.69, 9.17) is 0 Å². The third-order valence-corrected chi connectivity index (χ3v) is 15.9. The number of benzene rings is 6. The number of rotatable bonds is 12. The summed E-state index contributed by atoms with van der Waals surface area (Å²) in [5, 5.41) is 20.5. The number of phenolic OH excluding ortho intramolecular Hbond substituents is 1. The van der Waals surface area contributed by atoms with Crippen LogP contribution in [0.25, 0.3) is 22.3 Å². The highest BCUT2D eigenvalue weighted by molar-refractivity contribution is 7.14. The van der Waals surface area contributed by atoms with Crippen molar-refractivity contribution in [1.29, 1.82) is 0 Å². The van der Waals surface area contributed by atoms with Crippen LogP contribution in [0.4, 0.5) is 26.0 Å². The summed E-state index contributed by atoms with van der Waals surface area (Å²) in [5.74, 6) is -2.23. The number of aromatic nitrogens is 2. The van der Waals surface area contributed by atoms with Crippen LogP contribution in [-0.4, -0.2) is 74.7 Å². The number of phenols is 1. The maximum absolute atomic E-state index is 14.2. The molecule has 4 aliphatic heterocycles. The summed E-state index contributed by atoms with van der Waals surface area (Å²) in [7, 11) is 0. The minimum Gasteiger partial charge on any atom is -0.508 e. The second-order valence-electron chi connectivity index (χ2n) is 19.4. The highest BCUT2D eigenvalue weighted by Gasteiger charge is 2.40. The number of carbonyl (C=O) groups excluding carboxylic acids is 4. The third kappa shape index (κ3) is 10.7. The van der Waals surface area contributed by atoms with Crippen LogP contribution in [0.2, 0.25) is 0 Å². The van der Waals surface area contributed by atoms with Crippen LogP contribution >= 0.6 is 22.7 Å². The first kappa shape index (κ1) is 50.0. The van der Waals surface area contributed by atoms with Gasteiger partial charge in [0, 0.05) is 90.5 Å². The number of fused-ring (bicyclic) bond motifs is 2. The smallest absolute Gasteiger partial charge is 0.255 e. The first-order valence-electron chi connectivity index (χ1n) is 25.7. The minimum absolute atomic E-state index is 0.0127. The van der Waals surface area contributed by atoms with Crippen LogP contribution in [0, 0.1) is 5.82 Å². The molecule has 0 radical (unpaired) electrons. The van der Waals surface area contributed by atoms with E-state index in [0.29, 0.717) is 27.9 Å². The molecule has 76 heavy (non-hydrogen) atoms. The second-order valence-corrected chi connectivity index (χ2v) is 21.2. The van der Waals surface area contributed by atoms with Gasteiger partial charge in [0.2, 0.25) is 0 Å². The van der Waals surface area contributed by atoms with Gasteiger partial charge < -0.3 is 24.7 Å². The van der Waals surface area contributed by atoms with E-state index in [9.17, 15) is 28.7 Å². The Kier molecular flexibility index (Phi) is 14.7.